The van der Waals surface area contributed by atoms with Crippen molar-refractivity contribution in [1.29, 1.82) is 0 Å². The SMILES string of the molecule is CCNC(=NCCCOCC1CCCO1)NCCc1cc(Cl)c2c(c1)OCCO2.I. The third-order valence-electron chi connectivity index (χ3n) is 4.75. The number of guanidine groups is 1. The maximum absolute atomic E-state index is 6.31. The first kappa shape index (κ1) is 25.3. The zero-order chi connectivity index (χ0) is 20.3. The molecular weight excluding hydrogens is 521 g/mol. The first-order valence-corrected chi connectivity index (χ1v) is 10.9. The third-order valence-corrected chi connectivity index (χ3v) is 5.03. The Morgan fingerprint density at radius 1 is 1.23 bits per heavy atom. The maximum atomic E-state index is 6.31. The minimum atomic E-state index is 0. The largest absolute Gasteiger partial charge is 0.486 e. The van der Waals surface area contributed by atoms with Crippen LogP contribution >= 0.6 is 35.6 Å². The fourth-order valence-electron chi connectivity index (χ4n) is 3.32. The lowest BCUT2D eigenvalue weighted by molar-refractivity contribution is 0.0171. The highest BCUT2D eigenvalue weighted by molar-refractivity contribution is 14.0. The van der Waals surface area contributed by atoms with Gasteiger partial charge in [-0.2, -0.15) is 0 Å². The Hall–Kier alpha value is -0.970. The second-order valence-electron chi connectivity index (χ2n) is 7.10. The molecule has 1 saturated heterocycles. The molecule has 1 aromatic rings. The van der Waals surface area contributed by atoms with E-state index in [1.54, 1.807) is 0 Å². The smallest absolute Gasteiger partial charge is 0.191 e. The number of ether oxygens (including phenoxy) is 4. The Labute approximate surface area is 201 Å². The summed E-state index contributed by atoms with van der Waals surface area (Å²) in [5, 5.41) is 7.24. The van der Waals surface area contributed by atoms with Gasteiger partial charge < -0.3 is 29.6 Å². The van der Waals surface area contributed by atoms with Crippen molar-refractivity contribution >= 4 is 41.5 Å². The van der Waals surface area contributed by atoms with E-state index in [1.807, 2.05) is 12.1 Å². The van der Waals surface area contributed by atoms with Crippen LogP contribution in [0.4, 0.5) is 0 Å². The Morgan fingerprint density at radius 3 is 2.90 bits per heavy atom. The van der Waals surface area contributed by atoms with Crippen molar-refractivity contribution in [2.75, 3.05) is 52.7 Å². The van der Waals surface area contributed by atoms with Crippen LogP contribution in [-0.4, -0.2) is 64.7 Å². The van der Waals surface area contributed by atoms with E-state index >= 15 is 0 Å². The number of hydrogen-bond donors (Lipinski definition) is 2. The number of fused-ring (bicyclic) bond motifs is 1. The van der Waals surface area contributed by atoms with E-state index in [0.717, 1.165) is 69.2 Å². The van der Waals surface area contributed by atoms with Crippen molar-refractivity contribution < 1.29 is 18.9 Å². The summed E-state index contributed by atoms with van der Waals surface area (Å²) in [7, 11) is 0. The fourth-order valence-corrected chi connectivity index (χ4v) is 3.61. The molecule has 0 bridgehead atoms. The van der Waals surface area contributed by atoms with Crippen molar-refractivity contribution in [2.24, 2.45) is 4.99 Å². The minimum Gasteiger partial charge on any atom is -0.486 e. The van der Waals surface area contributed by atoms with Gasteiger partial charge in [-0.1, -0.05) is 11.6 Å². The van der Waals surface area contributed by atoms with Crippen LogP contribution in [0.25, 0.3) is 0 Å². The van der Waals surface area contributed by atoms with Crippen LogP contribution in [0.5, 0.6) is 11.5 Å². The molecular formula is C21H33ClIN3O4. The molecule has 0 amide bonds. The summed E-state index contributed by atoms with van der Waals surface area (Å²) < 4.78 is 22.4. The quantitative estimate of drug-likeness (QED) is 0.200. The van der Waals surface area contributed by atoms with Crippen LogP contribution in [0.15, 0.2) is 17.1 Å². The van der Waals surface area contributed by atoms with E-state index < -0.39 is 0 Å². The topological polar surface area (TPSA) is 73.3 Å². The molecule has 1 atom stereocenters. The highest BCUT2D eigenvalue weighted by Crippen LogP contribution is 2.38. The van der Waals surface area contributed by atoms with E-state index in [2.05, 4.69) is 22.5 Å². The Morgan fingerprint density at radius 2 is 2.10 bits per heavy atom. The van der Waals surface area contributed by atoms with Crippen LogP contribution in [0.3, 0.4) is 0 Å². The molecule has 0 aliphatic carbocycles. The molecule has 1 fully saturated rings. The number of hydrogen-bond acceptors (Lipinski definition) is 5. The second-order valence-corrected chi connectivity index (χ2v) is 7.51. The molecule has 30 heavy (non-hydrogen) atoms. The van der Waals surface area contributed by atoms with Crippen molar-refractivity contribution in [3.05, 3.63) is 22.7 Å². The van der Waals surface area contributed by atoms with E-state index in [0.29, 0.717) is 37.2 Å². The molecule has 0 spiro atoms. The van der Waals surface area contributed by atoms with E-state index in [9.17, 15) is 0 Å². The normalized spacial score (nSPS) is 18.1. The fraction of sp³-hybridized carbons (Fsp3) is 0.667. The highest BCUT2D eigenvalue weighted by Gasteiger charge is 2.17. The van der Waals surface area contributed by atoms with Gasteiger partial charge in [-0.25, -0.2) is 0 Å². The average Bonchev–Trinajstić information content (AvgIpc) is 3.24. The van der Waals surface area contributed by atoms with E-state index in [-0.39, 0.29) is 30.1 Å². The number of benzene rings is 1. The number of nitrogens with zero attached hydrogens (tertiary/aromatic N) is 1. The van der Waals surface area contributed by atoms with E-state index in [1.165, 1.54) is 0 Å². The lowest BCUT2D eigenvalue weighted by Gasteiger charge is -2.20. The standard InChI is InChI=1S/C21H32ClN3O4.HI/c1-2-23-21(24-7-4-9-26-15-17-5-3-10-27-17)25-8-6-16-13-18(22)20-19(14-16)28-11-12-29-20;/h13-14,17H,2-12,15H2,1H3,(H2,23,24,25);1H. The number of aliphatic imine (C=N–C) groups is 1. The Kier molecular flexibility index (Phi) is 11.9. The van der Waals surface area contributed by atoms with Crippen LogP contribution in [-0.2, 0) is 15.9 Å². The predicted molar refractivity (Wildman–Crippen MR) is 130 cm³/mol. The second kappa shape index (κ2) is 14.2. The zero-order valence-corrected chi connectivity index (χ0v) is 20.7. The summed E-state index contributed by atoms with van der Waals surface area (Å²) in [5.74, 6) is 2.18. The first-order chi connectivity index (χ1) is 14.3. The van der Waals surface area contributed by atoms with Crippen LogP contribution in [0.2, 0.25) is 5.02 Å². The van der Waals surface area contributed by atoms with Crippen molar-refractivity contribution in [3.8, 4) is 11.5 Å². The van der Waals surface area contributed by atoms with Gasteiger partial charge in [0.05, 0.1) is 17.7 Å². The maximum Gasteiger partial charge on any atom is 0.191 e. The van der Waals surface area contributed by atoms with Gasteiger partial charge in [0.25, 0.3) is 0 Å². The summed E-state index contributed by atoms with van der Waals surface area (Å²) in [6, 6.07) is 3.93. The van der Waals surface area contributed by atoms with Gasteiger partial charge in [0.1, 0.15) is 13.2 Å². The van der Waals surface area contributed by atoms with Gasteiger partial charge in [0.15, 0.2) is 17.5 Å². The third kappa shape index (κ3) is 8.28. The van der Waals surface area contributed by atoms with Crippen molar-refractivity contribution in [3.63, 3.8) is 0 Å². The summed E-state index contributed by atoms with van der Waals surface area (Å²) in [6.07, 6.45) is 4.24. The zero-order valence-electron chi connectivity index (χ0n) is 17.6. The molecule has 0 saturated carbocycles. The average molecular weight is 554 g/mol. The van der Waals surface area contributed by atoms with Crippen LogP contribution in [0, 0.1) is 0 Å². The summed E-state index contributed by atoms with van der Waals surface area (Å²) in [5.41, 5.74) is 1.10. The number of halogens is 2. The van der Waals surface area contributed by atoms with Gasteiger partial charge in [-0.05, 0) is 50.3 Å². The molecule has 2 aliphatic heterocycles. The molecule has 9 heteroatoms. The lowest BCUT2D eigenvalue weighted by Crippen LogP contribution is -2.38. The summed E-state index contributed by atoms with van der Waals surface area (Å²) >= 11 is 6.31. The Balaban J connectivity index is 0.00000320. The lowest BCUT2D eigenvalue weighted by atomic mass is 10.1. The molecule has 1 unspecified atom stereocenters. The minimum absolute atomic E-state index is 0. The molecule has 0 radical (unpaired) electrons. The molecule has 1 aromatic carbocycles. The number of nitrogens with one attached hydrogen (secondary N) is 2. The highest BCUT2D eigenvalue weighted by atomic mass is 127. The van der Waals surface area contributed by atoms with E-state index in [4.69, 9.17) is 30.5 Å². The van der Waals surface area contributed by atoms with Gasteiger partial charge >= 0.3 is 0 Å². The Bertz CT molecular complexity index is 672. The van der Waals surface area contributed by atoms with Gasteiger partial charge in [-0.15, -0.1) is 24.0 Å². The van der Waals surface area contributed by atoms with Crippen LogP contribution < -0.4 is 20.1 Å². The molecule has 2 N–H and O–H groups in total. The van der Waals surface area contributed by atoms with Crippen LogP contribution in [0.1, 0.15) is 31.7 Å². The summed E-state index contributed by atoms with van der Waals surface area (Å²) in [4.78, 5) is 4.61. The van der Waals surface area contributed by atoms with Gasteiger partial charge in [0, 0.05) is 32.8 Å². The molecule has 7 nitrogen and oxygen atoms in total. The van der Waals surface area contributed by atoms with Crippen molar-refractivity contribution in [1.82, 2.24) is 10.6 Å². The first-order valence-electron chi connectivity index (χ1n) is 10.6. The molecule has 2 heterocycles. The molecule has 2 aliphatic rings. The predicted octanol–water partition coefficient (Wildman–Crippen LogP) is 3.41. The molecule has 0 aromatic heterocycles. The van der Waals surface area contributed by atoms with Gasteiger partial charge in [-0.3, -0.25) is 4.99 Å². The monoisotopic (exact) mass is 553 g/mol. The summed E-state index contributed by atoms with van der Waals surface area (Å²) in [6.45, 7) is 7.70. The van der Waals surface area contributed by atoms with Crippen molar-refractivity contribution in [2.45, 2.75) is 38.7 Å². The van der Waals surface area contributed by atoms with Gasteiger partial charge in [0.2, 0.25) is 0 Å². The molecule has 170 valence electrons. The molecule has 3 rings (SSSR count). The number of rotatable bonds is 10.